The fraction of sp³-hybridized carbons (Fsp3) is 0.368. The van der Waals surface area contributed by atoms with Crippen LogP contribution >= 0.6 is 0 Å². The Hall–Kier alpha value is -2.16. The van der Waals surface area contributed by atoms with Gasteiger partial charge in [0.25, 0.3) is 0 Å². The van der Waals surface area contributed by atoms with Gasteiger partial charge in [-0.15, -0.1) is 0 Å². The Labute approximate surface area is 132 Å². The minimum Gasteiger partial charge on any atom is -0.477 e. The molecule has 2 aromatic rings. The third kappa shape index (κ3) is 4.99. The minimum atomic E-state index is -0.981. The van der Waals surface area contributed by atoms with E-state index in [0.717, 1.165) is 24.8 Å². The van der Waals surface area contributed by atoms with Crippen LogP contribution in [0.25, 0.3) is 0 Å². The number of unbranched alkanes of at least 4 members (excludes halogenated alkanes) is 2. The van der Waals surface area contributed by atoms with Crippen molar-refractivity contribution in [2.75, 3.05) is 0 Å². The van der Waals surface area contributed by atoms with Gasteiger partial charge in [-0.25, -0.2) is 9.78 Å². The van der Waals surface area contributed by atoms with Gasteiger partial charge in [0.15, 0.2) is 0 Å². The van der Waals surface area contributed by atoms with E-state index in [-0.39, 0.29) is 5.69 Å². The zero-order valence-electron chi connectivity index (χ0n) is 13.1. The molecular formula is C19H23NO2. The molecule has 0 bridgehead atoms. The zero-order chi connectivity index (χ0) is 15.8. The molecule has 0 unspecified atom stereocenters. The summed E-state index contributed by atoms with van der Waals surface area (Å²) in [6, 6.07) is 12.2. The topological polar surface area (TPSA) is 50.2 Å². The van der Waals surface area contributed by atoms with E-state index >= 15 is 0 Å². The molecule has 22 heavy (non-hydrogen) atoms. The van der Waals surface area contributed by atoms with Crippen LogP contribution in [0.5, 0.6) is 0 Å². The number of carbonyl (C=O) groups is 1. The van der Waals surface area contributed by atoms with Gasteiger partial charge in [-0.3, -0.25) is 0 Å². The lowest BCUT2D eigenvalue weighted by Gasteiger charge is -2.05. The summed E-state index contributed by atoms with van der Waals surface area (Å²) in [5, 5.41) is 8.82. The van der Waals surface area contributed by atoms with Crippen LogP contribution in [-0.2, 0) is 19.3 Å². The van der Waals surface area contributed by atoms with E-state index in [1.807, 2.05) is 6.07 Å². The molecule has 116 valence electrons. The van der Waals surface area contributed by atoms with Gasteiger partial charge >= 0.3 is 5.97 Å². The molecule has 0 fully saturated rings. The van der Waals surface area contributed by atoms with Crippen molar-refractivity contribution in [2.24, 2.45) is 0 Å². The summed E-state index contributed by atoms with van der Waals surface area (Å²) in [6.45, 7) is 2.22. The van der Waals surface area contributed by atoms with Crippen LogP contribution in [0.3, 0.4) is 0 Å². The molecule has 2 rings (SSSR count). The van der Waals surface area contributed by atoms with Gasteiger partial charge in [0, 0.05) is 6.20 Å². The maximum Gasteiger partial charge on any atom is 0.354 e. The number of rotatable bonds is 8. The van der Waals surface area contributed by atoms with E-state index in [1.54, 1.807) is 12.3 Å². The number of aromatic nitrogens is 1. The van der Waals surface area contributed by atoms with Crippen LogP contribution in [-0.4, -0.2) is 16.1 Å². The first-order valence-corrected chi connectivity index (χ1v) is 7.95. The van der Waals surface area contributed by atoms with Crippen LogP contribution < -0.4 is 0 Å². The van der Waals surface area contributed by atoms with Gasteiger partial charge in [-0.2, -0.15) is 0 Å². The Morgan fingerprint density at radius 1 is 0.909 bits per heavy atom. The van der Waals surface area contributed by atoms with E-state index in [9.17, 15) is 4.79 Å². The second-order valence-electron chi connectivity index (χ2n) is 5.63. The summed E-state index contributed by atoms with van der Waals surface area (Å²) in [5.74, 6) is -0.981. The smallest absolute Gasteiger partial charge is 0.354 e. The van der Waals surface area contributed by atoms with E-state index in [1.165, 1.54) is 30.4 Å². The Morgan fingerprint density at radius 2 is 1.50 bits per heavy atom. The molecule has 1 N–H and O–H groups in total. The molecule has 0 saturated carbocycles. The largest absolute Gasteiger partial charge is 0.477 e. The standard InChI is InChI=1S/C19H23NO2/c1-2-3-4-5-15-6-8-16(9-7-15)10-11-17-12-13-18(19(21)22)20-14-17/h6-9,12-14H,2-5,10-11H2,1H3,(H,21,22). The van der Waals surface area contributed by atoms with Gasteiger partial charge in [-0.1, -0.05) is 50.1 Å². The lowest BCUT2D eigenvalue weighted by molar-refractivity contribution is 0.0690. The zero-order valence-corrected chi connectivity index (χ0v) is 13.1. The molecule has 0 radical (unpaired) electrons. The highest BCUT2D eigenvalue weighted by Gasteiger charge is 2.04. The molecule has 3 heteroatoms. The predicted molar refractivity (Wildman–Crippen MR) is 88.3 cm³/mol. The number of benzene rings is 1. The molecule has 0 saturated heterocycles. The molecule has 0 spiro atoms. The first-order chi connectivity index (χ1) is 10.7. The average molecular weight is 297 g/mol. The molecule has 1 heterocycles. The molecule has 1 aromatic heterocycles. The molecule has 3 nitrogen and oxygen atoms in total. The fourth-order valence-electron chi connectivity index (χ4n) is 2.44. The van der Waals surface area contributed by atoms with E-state index < -0.39 is 5.97 Å². The van der Waals surface area contributed by atoms with Crippen LogP contribution in [0.15, 0.2) is 42.6 Å². The lowest BCUT2D eigenvalue weighted by atomic mass is 10.0. The third-order valence-corrected chi connectivity index (χ3v) is 3.84. The van der Waals surface area contributed by atoms with Crippen molar-refractivity contribution < 1.29 is 9.90 Å². The monoisotopic (exact) mass is 297 g/mol. The predicted octanol–water partition coefficient (Wildman–Crippen LogP) is 4.30. The number of hydrogen-bond acceptors (Lipinski definition) is 2. The SMILES string of the molecule is CCCCCc1ccc(CCc2ccc(C(=O)O)nc2)cc1. The van der Waals surface area contributed by atoms with Crippen LogP contribution in [0.2, 0.25) is 0 Å². The molecule has 0 aliphatic rings. The van der Waals surface area contributed by atoms with Crippen molar-refractivity contribution in [3.8, 4) is 0 Å². The van der Waals surface area contributed by atoms with Gasteiger partial charge in [0.1, 0.15) is 5.69 Å². The summed E-state index contributed by atoms with van der Waals surface area (Å²) in [6.07, 6.45) is 8.45. The van der Waals surface area contributed by atoms with Crippen molar-refractivity contribution in [3.05, 3.63) is 65.0 Å². The second-order valence-corrected chi connectivity index (χ2v) is 5.63. The molecule has 0 aliphatic carbocycles. The van der Waals surface area contributed by atoms with Crippen LogP contribution in [0.1, 0.15) is 53.4 Å². The number of carboxylic acid groups (broad SMARTS) is 1. The molecule has 0 atom stereocenters. The van der Waals surface area contributed by atoms with Crippen molar-refractivity contribution in [3.63, 3.8) is 0 Å². The number of pyridine rings is 1. The Bertz CT molecular complexity index is 588. The average Bonchev–Trinajstić information content (AvgIpc) is 2.55. The lowest BCUT2D eigenvalue weighted by Crippen LogP contribution is -2.01. The van der Waals surface area contributed by atoms with Gasteiger partial charge in [0.2, 0.25) is 0 Å². The number of hydrogen-bond donors (Lipinski definition) is 1. The molecular weight excluding hydrogens is 274 g/mol. The summed E-state index contributed by atoms with van der Waals surface area (Å²) in [4.78, 5) is 14.7. The first-order valence-electron chi connectivity index (χ1n) is 7.95. The van der Waals surface area contributed by atoms with Crippen molar-refractivity contribution in [1.29, 1.82) is 0 Å². The molecule has 0 amide bonds. The number of aromatic carboxylic acids is 1. The maximum absolute atomic E-state index is 10.8. The summed E-state index contributed by atoms with van der Waals surface area (Å²) < 4.78 is 0. The highest BCUT2D eigenvalue weighted by molar-refractivity contribution is 5.85. The Morgan fingerprint density at radius 3 is 2.05 bits per heavy atom. The maximum atomic E-state index is 10.8. The Kier molecular flexibility index (Phi) is 6.13. The van der Waals surface area contributed by atoms with Crippen LogP contribution in [0.4, 0.5) is 0 Å². The quantitative estimate of drug-likeness (QED) is 0.739. The second kappa shape index (κ2) is 8.32. The van der Waals surface area contributed by atoms with Crippen molar-refractivity contribution in [2.45, 2.75) is 45.4 Å². The summed E-state index contributed by atoms with van der Waals surface area (Å²) in [5.41, 5.74) is 3.88. The fourth-order valence-corrected chi connectivity index (χ4v) is 2.44. The first kappa shape index (κ1) is 16.2. The van der Waals surface area contributed by atoms with Crippen molar-refractivity contribution in [1.82, 2.24) is 4.98 Å². The van der Waals surface area contributed by atoms with E-state index in [2.05, 4.69) is 36.2 Å². The van der Waals surface area contributed by atoms with Gasteiger partial charge in [0.05, 0.1) is 0 Å². The summed E-state index contributed by atoms with van der Waals surface area (Å²) in [7, 11) is 0. The normalized spacial score (nSPS) is 10.6. The van der Waals surface area contributed by atoms with Gasteiger partial charge in [-0.05, 0) is 48.4 Å². The number of aryl methyl sites for hydroxylation is 3. The summed E-state index contributed by atoms with van der Waals surface area (Å²) >= 11 is 0. The third-order valence-electron chi connectivity index (χ3n) is 3.84. The highest BCUT2D eigenvalue weighted by atomic mass is 16.4. The van der Waals surface area contributed by atoms with E-state index in [0.29, 0.717) is 0 Å². The van der Waals surface area contributed by atoms with Crippen LogP contribution in [0, 0.1) is 0 Å². The van der Waals surface area contributed by atoms with Gasteiger partial charge < -0.3 is 5.11 Å². The number of nitrogens with zero attached hydrogens (tertiary/aromatic N) is 1. The minimum absolute atomic E-state index is 0.0974. The molecule has 1 aromatic carbocycles. The van der Waals surface area contributed by atoms with E-state index in [4.69, 9.17) is 5.11 Å². The Balaban J connectivity index is 1.84. The van der Waals surface area contributed by atoms with Crippen molar-refractivity contribution >= 4 is 5.97 Å². The number of carboxylic acids is 1. The molecule has 0 aliphatic heterocycles. The highest BCUT2D eigenvalue weighted by Crippen LogP contribution is 2.11.